The normalized spacial score (nSPS) is 28.1. The fourth-order valence-electron chi connectivity index (χ4n) is 9.06. The molecule has 4 aromatic carbocycles. The summed E-state index contributed by atoms with van der Waals surface area (Å²) in [6.45, 7) is 4.54. The van der Waals surface area contributed by atoms with E-state index < -0.39 is 0 Å². The maximum Gasteiger partial charge on any atom is 0.151 e. The first-order chi connectivity index (χ1) is 22.7. The molecule has 0 aromatic heterocycles. The van der Waals surface area contributed by atoms with Gasteiger partial charge in [0.15, 0.2) is 11.5 Å². The zero-order valence-corrected chi connectivity index (χ0v) is 26.7. The predicted octanol–water partition coefficient (Wildman–Crippen LogP) is 7.70. The number of benzene rings is 4. The third-order valence-electron chi connectivity index (χ3n) is 10.8. The molecular formula is C38H36N6OS. The largest absolute Gasteiger partial charge is 0.453 e. The summed E-state index contributed by atoms with van der Waals surface area (Å²) in [7, 11) is 0. The molecule has 8 heteroatoms. The Morgan fingerprint density at radius 3 is 1.72 bits per heavy atom. The van der Waals surface area contributed by atoms with Gasteiger partial charge in [0.05, 0.1) is 40.9 Å². The molecule has 1 saturated carbocycles. The molecule has 0 radical (unpaired) electrons. The molecule has 7 nitrogen and oxygen atoms in total. The number of fused-ring (bicyclic) bond motifs is 10. The maximum absolute atomic E-state index is 6.54. The molecule has 0 bridgehead atoms. The summed E-state index contributed by atoms with van der Waals surface area (Å²) in [6.07, 6.45) is 6.79. The molecule has 1 saturated heterocycles. The number of ether oxygens (including phenoxy) is 1. The highest BCUT2D eigenvalue weighted by Gasteiger charge is 2.58. The Hall–Kier alpha value is -4.69. The van der Waals surface area contributed by atoms with Crippen LogP contribution in [-0.2, 0) is 0 Å². The van der Waals surface area contributed by atoms with Gasteiger partial charge in [-0.1, -0.05) is 60.3 Å². The van der Waals surface area contributed by atoms with E-state index in [1.165, 1.54) is 32.6 Å². The second-order valence-electron chi connectivity index (χ2n) is 13.2. The first-order valence-electron chi connectivity index (χ1n) is 16.4. The minimum atomic E-state index is 0.147. The molecular weight excluding hydrogens is 589 g/mol. The molecule has 2 N–H and O–H groups in total. The topological polar surface area (TPSA) is 46.2 Å². The van der Waals surface area contributed by atoms with Crippen molar-refractivity contribution in [2.75, 3.05) is 9.80 Å². The van der Waals surface area contributed by atoms with Crippen molar-refractivity contribution in [3.63, 3.8) is 0 Å². The van der Waals surface area contributed by atoms with Crippen LogP contribution in [0.25, 0.3) is 0 Å². The third-order valence-corrected chi connectivity index (χ3v) is 11.9. The van der Waals surface area contributed by atoms with Crippen LogP contribution in [0, 0.1) is 0 Å². The molecule has 6 unspecified atom stereocenters. The lowest BCUT2D eigenvalue weighted by atomic mass is 9.76. The van der Waals surface area contributed by atoms with Crippen LogP contribution < -0.4 is 25.2 Å². The number of hydrogen-bond acceptors (Lipinski definition) is 8. The Kier molecular flexibility index (Phi) is 5.71. The van der Waals surface area contributed by atoms with E-state index >= 15 is 0 Å². The van der Waals surface area contributed by atoms with Gasteiger partial charge in [0.1, 0.15) is 12.3 Å². The van der Waals surface area contributed by atoms with E-state index in [0.29, 0.717) is 0 Å². The summed E-state index contributed by atoms with van der Waals surface area (Å²) in [5.41, 5.74) is 7.51. The molecule has 6 atom stereocenters. The standard InChI is InChI=1S/C38H36N6OS/c1-23-21-39-37-38-40-22-24(2)42(38)36-30(41(23)37)19-25(43-28-13-5-9-17-34(28)46-35-18-10-6-14-29(35)43)20-31(36)44-26-11-3-7-15-32(26)45-33-16-8-4-12-27(33)44/h3-18,21-22,25,30-31,36-40H,19-20H2,1-2H3. The van der Waals surface area contributed by atoms with Crippen LogP contribution in [0.15, 0.2) is 131 Å². The first-order valence-corrected chi connectivity index (χ1v) is 17.2. The molecule has 10 rings (SSSR count). The minimum Gasteiger partial charge on any atom is -0.453 e. The first kappa shape index (κ1) is 26.5. The summed E-state index contributed by atoms with van der Waals surface area (Å²) >= 11 is 1.89. The molecule has 230 valence electrons. The Balaban J connectivity index is 1.19. The highest BCUT2D eigenvalue weighted by Crippen LogP contribution is 2.55. The monoisotopic (exact) mass is 624 g/mol. The van der Waals surface area contributed by atoms with Gasteiger partial charge in [0.2, 0.25) is 0 Å². The third kappa shape index (κ3) is 3.67. The highest BCUT2D eigenvalue weighted by atomic mass is 32.2. The van der Waals surface area contributed by atoms with Crippen molar-refractivity contribution >= 4 is 34.5 Å². The SMILES string of the molecule is CC1=CNC2C3NC=C(C)N3C3C(N4c5ccccc5Oc5ccccc54)CC(N4c5ccccc5Sc5ccccc54)CC3N12. The fraction of sp³-hybridized carbons (Fsp3) is 0.263. The summed E-state index contributed by atoms with van der Waals surface area (Å²) in [5.74, 6) is 1.83. The van der Waals surface area contributed by atoms with Crippen LogP contribution in [0.5, 0.6) is 11.5 Å². The molecule has 5 aliphatic heterocycles. The van der Waals surface area contributed by atoms with Gasteiger partial charge in [-0.3, -0.25) is 0 Å². The number of hydrogen-bond donors (Lipinski definition) is 2. The Labute approximate surface area is 274 Å². The van der Waals surface area contributed by atoms with Crippen molar-refractivity contribution in [1.29, 1.82) is 0 Å². The number of nitrogens with zero attached hydrogens (tertiary/aromatic N) is 4. The molecule has 1 aliphatic carbocycles. The molecule has 46 heavy (non-hydrogen) atoms. The van der Waals surface area contributed by atoms with Gasteiger partial charge in [-0.05, 0) is 75.2 Å². The minimum absolute atomic E-state index is 0.147. The lowest BCUT2D eigenvalue weighted by Crippen LogP contribution is -2.76. The van der Waals surface area contributed by atoms with E-state index in [-0.39, 0.29) is 36.5 Å². The lowest BCUT2D eigenvalue weighted by Gasteiger charge is -2.61. The Bertz CT molecular complexity index is 1850. The maximum atomic E-state index is 6.54. The van der Waals surface area contributed by atoms with Crippen molar-refractivity contribution < 1.29 is 4.74 Å². The van der Waals surface area contributed by atoms with Crippen molar-refractivity contribution in [3.8, 4) is 11.5 Å². The van der Waals surface area contributed by atoms with Gasteiger partial charge < -0.3 is 35.0 Å². The molecule has 0 amide bonds. The van der Waals surface area contributed by atoms with Crippen LogP contribution in [0.1, 0.15) is 26.7 Å². The Morgan fingerprint density at radius 1 is 0.587 bits per heavy atom. The van der Waals surface area contributed by atoms with E-state index in [9.17, 15) is 0 Å². The average Bonchev–Trinajstić information content (AvgIpc) is 3.68. The smallest absolute Gasteiger partial charge is 0.151 e. The fourth-order valence-corrected chi connectivity index (χ4v) is 10.1. The van der Waals surface area contributed by atoms with Crippen molar-refractivity contribution in [3.05, 3.63) is 121 Å². The van der Waals surface area contributed by atoms with E-state index in [4.69, 9.17) is 4.74 Å². The predicted molar refractivity (Wildman–Crippen MR) is 184 cm³/mol. The van der Waals surface area contributed by atoms with Crippen molar-refractivity contribution in [1.82, 2.24) is 20.4 Å². The highest BCUT2D eigenvalue weighted by molar-refractivity contribution is 7.99. The summed E-state index contributed by atoms with van der Waals surface area (Å²) in [6, 6.07) is 36.0. The van der Waals surface area contributed by atoms with Crippen LogP contribution >= 0.6 is 11.8 Å². The summed E-state index contributed by atoms with van der Waals surface area (Å²) in [4.78, 5) is 13.3. The van der Waals surface area contributed by atoms with Crippen LogP contribution in [0.4, 0.5) is 22.7 Å². The van der Waals surface area contributed by atoms with Gasteiger partial charge in [-0.25, -0.2) is 0 Å². The van der Waals surface area contributed by atoms with Gasteiger partial charge in [0.25, 0.3) is 0 Å². The summed E-state index contributed by atoms with van der Waals surface area (Å²) in [5, 5.41) is 7.53. The van der Waals surface area contributed by atoms with Crippen LogP contribution in [-0.4, -0.2) is 46.3 Å². The number of nitrogens with one attached hydrogen (secondary N) is 2. The van der Waals surface area contributed by atoms with Gasteiger partial charge in [-0.2, -0.15) is 0 Å². The lowest BCUT2D eigenvalue weighted by molar-refractivity contribution is -0.0512. The molecule has 0 spiro atoms. The zero-order valence-electron chi connectivity index (χ0n) is 25.9. The van der Waals surface area contributed by atoms with E-state index in [0.717, 1.165) is 35.7 Å². The number of allylic oxidation sites excluding steroid dienone is 2. The van der Waals surface area contributed by atoms with Crippen LogP contribution in [0.2, 0.25) is 0 Å². The van der Waals surface area contributed by atoms with Crippen molar-refractivity contribution in [2.45, 2.75) is 73.0 Å². The average molecular weight is 625 g/mol. The second kappa shape index (κ2) is 9.90. The van der Waals surface area contributed by atoms with Gasteiger partial charge in [0, 0.05) is 39.6 Å². The number of anilines is 4. The van der Waals surface area contributed by atoms with Crippen molar-refractivity contribution in [2.24, 2.45) is 0 Å². The van der Waals surface area contributed by atoms with E-state index in [1.807, 2.05) is 11.8 Å². The van der Waals surface area contributed by atoms with E-state index in [1.54, 1.807) is 0 Å². The molecule has 6 aliphatic rings. The Morgan fingerprint density at radius 2 is 1.09 bits per heavy atom. The van der Waals surface area contributed by atoms with Crippen LogP contribution in [0.3, 0.4) is 0 Å². The van der Waals surface area contributed by atoms with Gasteiger partial charge in [-0.15, -0.1) is 0 Å². The molecule has 5 heterocycles. The van der Waals surface area contributed by atoms with Gasteiger partial charge >= 0.3 is 0 Å². The zero-order chi connectivity index (χ0) is 30.5. The molecule has 4 aromatic rings. The second-order valence-corrected chi connectivity index (χ2v) is 14.3. The molecule has 2 fully saturated rings. The quantitative estimate of drug-likeness (QED) is 0.235. The number of piperazine rings is 1. The number of para-hydroxylation sites is 6. The summed E-state index contributed by atoms with van der Waals surface area (Å²) < 4.78 is 6.54. The van der Waals surface area contributed by atoms with E-state index in [2.05, 4.69) is 154 Å². The number of rotatable bonds is 2.